The summed E-state index contributed by atoms with van der Waals surface area (Å²) in [5.74, 6) is 0.0162. The van der Waals surface area contributed by atoms with Gasteiger partial charge in [-0.05, 0) is 12.1 Å². The summed E-state index contributed by atoms with van der Waals surface area (Å²) in [6, 6.07) is 3.14. The molecule has 0 atom stereocenters. The number of rotatable bonds is 0. The molecule has 5 heteroatoms. The van der Waals surface area contributed by atoms with Crippen molar-refractivity contribution in [3.63, 3.8) is 0 Å². The molecule has 0 N–H and O–H groups in total. The second kappa shape index (κ2) is 2.07. The number of fused-ring (bicyclic) bond motifs is 1. The first-order valence-corrected chi connectivity index (χ1v) is 3.70. The minimum Gasteiger partial charge on any atom is -0.405 e. The van der Waals surface area contributed by atoms with E-state index in [1.165, 1.54) is 6.20 Å². The van der Waals surface area contributed by atoms with E-state index in [9.17, 15) is 8.78 Å². The zero-order valence-corrected chi connectivity index (χ0v) is 6.07. The van der Waals surface area contributed by atoms with Crippen molar-refractivity contribution in [2.75, 3.05) is 0 Å². The molecular formula is C6H3F2NOS. The molecule has 1 aromatic rings. The number of nitrogens with zero attached hydrogens (tertiary/aromatic N) is 1. The van der Waals surface area contributed by atoms with E-state index in [4.69, 9.17) is 0 Å². The Hall–Kier alpha value is -0.840. The second-order valence-corrected chi connectivity index (χ2v) is 3.09. The molecule has 0 spiro atoms. The summed E-state index contributed by atoms with van der Waals surface area (Å²) in [6.45, 7) is 0. The van der Waals surface area contributed by atoms with E-state index < -0.39 is 5.44 Å². The van der Waals surface area contributed by atoms with Gasteiger partial charge in [0, 0.05) is 18.0 Å². The highest BCUT2D eigenvalue weighted by Crippen LogP contribution is 2.47. The molecule has 0 fully saturated rings. The number of hydrogen-bond donors (Lipinski definition) is 0. The van der Waals surface area contributed by atoms with Crippen LogP contribution in [-0.4, -0.2) is 10.4 Å². The van der Waals surface area contributed by atoms with Gasteiger partial charge in [-0.2, -0.15) is 8.78 Å². The van der Waals surface area contributed by atoms with Crippen LogP contribution in [0, 0.1) is 0 Å². The van der Waals surface area contributed by atoms with Crippen LogP contribution in [0.15, 0.2) is 23.2 Å². The van der Waals surface area contributed by atoms with E-state index in [2.05, 4.69) is 9.72 Å². The van der Waals surface area contributed by atoms with E-state index in [-0.39, 0.29) is 5.88 Å². The summed E-state index contributed by atoms with van der Waals surface area (Å²) in [6.07, 6.45) is 1.42. The fraction of sp³-hybridized carbons (Fsp3) is 0.167. The molecule has 0 bridgehead atoms. The number of aromatic nitrogens is 1. The summed E-state index contributed by atoms with van der Waals surface area (Å²) in [5, 5.41) is 0. The number of thioether (sulfide) groups is 1. The molecule has 1 aliphatic rings. The van der Waals surface area contributed by atoms with Gasteiger partial charge in [0.1, 0.15) is 0 Å². The quantitative estimate of drug-likeness (QED) is 0.603. The fourth-order valence-corrected chi connectivity index (χ4v) is 1.50. The van der Waals surface area contributed by atoms with Gasteiger partial charge in [0.2, 0.25) is 5.88 Å². The van der Waals surface area contributed by atoms with Crippen LogP contribution >= 0.6 is 11.8 Å². The summed E-state index contributed by atoms with van der Waals surface area (Å²) >= 11 is 0.375. The molecule has 0 amide bonds. The lowest BCUT2D eigenvalue weighted by Gasteiger charge is -2.03. The SMILES string of the molecule is FC1(F)Oc2ncccc2S1. The number of alkyl halides is 2. The molecule has 0 saturated heterocycles. The molecule has 2 nitrogen and oxygen atoms in total. The molecule has 2 rings (SSSR count). The lowest BCUT2D eigenvalue weighted by Crippen LogP contribution is -2.14. The van der Waals surface area contributed by atoms with E-state index in [0.717, 1.165) is 0 Å². The molecule has 11 heavy (non-hydrogen) atoms. The summed E-state index contributed by atoms with van der Waals surface area (Å²) in [5.41, 5.74) is -3.14. The van der Waals surface area contributed by atoms with Crippen LogP contribution in [0.2, 0.25) is 0 Å². The smallest absolute Gasteiger partial charge is 0.405 e. The van der Waals surface area contributed by atoms with Gasteiger partial charge >= 0.3 is 5.44 Å². The number of halogens is 2. The van der Waals surface area contributed by atoms with Crippen molar-refractivity contribution in [2.45, 2.75) is 10.3 Å². The molecule has 0 unspecified atom stereocenters. The zero-order valence-electron chi connectivity index (χ0n) is 5.25. The fourth-order valence-electron chi connectivity index (χ4n) is 0.792. The minimum atomic E-state index is -3.14. The first kappa shape index (κ1) is 6.84. The van der Waals surface area contributed by atoms with Crippen molar-refractivity contribution in [2.24, 2.45) is 0 Å². The van der Waals surface area contributed by atoms with Crippen molar-refractivity contribution in [1.29, 1.82) is 0 Å². The molecule has 0 aromatic carbocycles. The number of hydrogen-bond acceptors (Lipinski definition) is 3. The largest absolute Gasteiger partial charge is 0.459 e. The molecule has 1 aromatic heterocycles. The Morgan fingerprint density at radius 2 is 2.36 bits per heavy atom. The van der Waals surface area contributed by atoms with Gasteiger partial charge in [0.25, 0.3) is 0 Å². The predicted molar refractivity (Wildman–Crippen MR) is 35.7 cm³/mol. The van der Waals surface area contributed by atoms with Gasteiger partial charge in [-0.3, -0.25) is 0 Å². The maximum absolute atomic E-state index is 12.4. The Morgan fingerprint density at radius 1 is 1.55 bits per heavy atom. The standard InChI is InChI=1S/C6H3F2NOS/c7-6(8)10-5-4(11-6)2-1-3-9-5/h1-3H. The summed E-state index contributed by atoms with van der Waals surface area (Å²) < 4.78 is 29.1. The first-order valence-electron chi connectivity index (χ1n) is 2.88. The number of pyridine rings is 1. The van der Waals surface area contributed by atoms with Crippen LogP contribution in [0.4, 0.5) is 8.78 Å². The molecule has 1 aliphatic heterocycles. The van der Waals surface area contributed by atoms with Gasteiger partial charge in [0.05, 0.1) is 4.90 Å². The average molecular weight is 175 g/mol. The molecular weight excluding hydrogens is 172 g/mol. The molecule has 2 heterocycles. The Kier molecular flexibility index (Phi) is 1.29. The molecule has 0 aliphatic carbocycles. The Bertz CT molecular complexity index is 265. The van der Waals surface area contributed by atoms with Crippen molar-refractivity contribution in [3.05, 3.63) is 18.3 Å². The van der Waals surface area contributed by atoms with Gasteiger partial charge < -0.3 is 4.74 Å². The van der Waals surface area contributed by atoms with Crippen LogP contribution in [0.1, 0.15) is 0 Å². The average Bonchev–Trinajstić information content (AvgIpc) is 2.21. The van der Waals surface area contributed by atoms with Crippen molar-refractivity contribution in [1.82, 2.24) is 4.98 Å². The Balaban J connectivity index is 2.41. The first-order chi connectivity index (χ1) is 5.17. The lowest BCUT2D eigenvalue weighted by molar-refractivity contribution is -0.0848. The second-order valence-electron chi connectivity index (χ2n) is 1.97. The van der Waals surface area contributed by atoms with Crippen LogP contribution in [0.25, 0.3) is 0 Å². The summed E-state index contributed by atoms with van der Waals surface area (Å²) in [7, 11) is 0. The Morgan fingerprint density at radius 3 is 3.09 bits per heavy atom. The van der Waals surface area contributed by atoms with Crippen LogP contribution in [-0.2, 0) is 0 Å². The third-order valence-electron chi connectivity index (χ3n) is 1.18. The maximum Gasteiger partial charge on any atom is 0.459 e. The highest BCUT2D eigenvalue weighted by Gasteiger charge is 2.42. The van der Waals surface area contributed by atoms with Gasteiger partial charge in [-0.1, -0.05) is 0 Å². The van der Waals surface area contributed by atoms with Crippen LogP contribution in [0.3, 0.4) is 0 Å². The van der Waals surface area contributed by atoms with Gasteiger partial charge in [-0.15, -0.1) is 0 Å². The van der Waals surface area contributed by atoms with Crippen LogP contribution in [0.5, 0.6) is 5.88 Å². The van der Waals surface area contributed by atoms with E-state index in [1.54, 1.807) is 12.1 Å². The third kappa shape index (κ3) is 1.16. The van der Waals surface area contributed by atoms with Gasteiger partial charge in [0.15, 0.2) is 0 Å². The van der Waals surface area contributed by atoms with Crippen LogP contribution < -0.4 is 4.74 Å². The van der Waals surface area contributed by atoms with Crippen molar-refractivity contribution >= 4 is 11.8 Å². The summed E-state index contributed by atoms with van der Waals surface area (Å²) in [4.78, 5) is 4.02. The maximum atomic E-state index is 12.4. The van der Waals surface area contributed by atoms with E-state index >= 15 is 0 Å². The van der Waals surface area contributed by atoms with E-state index in [0.29, 0.717) is 16.7 Å². The molecule has 0 saturated carbocycles. The minimum absolute atomic E-state index is 0.0162. The highest BCUT2D eigenvalue weighted by molar-refractivity contribution is 8.00. The topological polar surface area (TPSA) is 22.1 Å². The van der Waals surface area contributed by atoms with Gasteiger partial charge in [-0.25, -0.2) is 4.98 Å². The van der Waals surface area contributed by atoms with Crippen molar-refractivity contribution in [3.8, 4) is 5.88 Å². The predicted octanol–water partition coefficient (Wildman–Crippen LogP) is 2.12. The zero-order chi connectivity index (χ0) is 7.90. The lowest BCUT2D eigenvalue weighted by atomic mass is 10.5. The van der Waals surface area contributed by atoms with Crippen molar-refractivity contribution < 1.29 is 13.5 Å². The monoisotopic (exact) mass is 175 g/mol. The molecule has 0 radical (unpaired) electrons. The molecule has 58 valence electrons. The highest BCUT2D eigenvalue weighted by atomic mass is 32.2. The van der Waals surface area contributed by atoms with E-state index in [1.807, 2.05) is 0 Å². The Labute approximate surface area is 65.6 Å². The number of ether oxygens (including phenoxy) is 1. The normalized spacial score (nSPS) is 19.1. The third-order valence-corrected chi connectivity index (χ3v) is 2.03.